The van der Waals surface area contributed by atoms with E-state index in [1.165, 1.54) is 18.3 Å². The molecule has 2 heterocycles. The summed E-state index contributed by atoms with van der Waals surface area (Å²) in [6, 6.07) is 10.8. The normalized spacial score (nSPS) is 10.4. The van der Waals surface area contributed by atoms with Gasteiger partial charge in [-0.2, -0.15) is 5.26 Å². The summed E-state index contributed by atoms with van der Waals surface area (Å²) in [5.74, 6) is -0.979. The van der Waals surface area contributed by atoms with Gasteiger partial charge in [0.15, 0.2) is 0 Å². The molecule has 4 N–H and O–H groups in total. The number of amides is 2. The minimum absolute atomic E-state index is 0.0505. The first-order valence-electron chi connectivity index (χ1n) is 7.62. The van der Waals surface area contributed by atoms with Crippen molar-refractivity contribution in [1.82, 2.24) is 15.3 Å². The molecule has 3 rings (SSSR count). The molecule has 0 saturated heterocycles. The van der Waals surface area contributed by atoms with Crippen molar-refractivity contribution in [3.63, 3.8) is 0 Å². The SMILES string of the molecule is N#Cc1c[nH]c2ccc(CCNC(=O)c3ccnc(C(N)=O)c3)cc12. The Kier molecular flexibility index (Phi) is 4.44. The molecule has 0 aliphatic rings. The lowest BCUT2D eigenvalue weighted by atomic mass is 10.1. The summed E-state index contributed by atoms with van der Waals surface area (Å²) in [4.78, 5) is 30.1. The Morgan fingerprint density at radius 2 is 2.12 bits per heavy atom. The van der Waals surface area contributed by atoms with E-state index in [0.717, 1.165) is 16.5 Å². The van der Waals surface area contributed by atoms with Crippen molar-refractivity contribution < 1.29 is 9.59 Å². The van der Waals surface area contributed by atoms with Crippen molar-refractivity contribution >= 4 is 22.7 Å². The van der Waals surface area contributed by atoms with E-state index in [-0.39, 0.29) is 11.6 Å². The van der Waals surface area contributed by atoms with Gasteiger partial charge in [0, 0.05) is 35.4 Å². The van der Waals surface area contributed by atoms with Crippen LogP contribution in [0.1, 0.15) is 32.0 Å². The Balaban J connectivity index is 1.64. The van der Waals surface area contributed by atoms with Gasteiger partial charge >= 0.3 is 0 Å². The predicted octanol–water partition coefficient (Wildman–Crippen LogP) is 1.51. The number of hydrogen-bond donors (Lipinski definition) is 3. The van der Waals surface area contributed by atoms with Crippen LogP contribution >= 0.6 is 0 Å². The smallest absolute Gasteiger partial charge is 0.267 e. The van der Waals surface area contributed by atoms with Gasteiger partial charge in [0.1, 0.15) is 11.8 Å². The van der Waals surface area contributed by atoms with Gasteiger partial charge < -0.3 is 16.0 Å². The molecule has 0 aliphatic carbocycles. The van der Waals surface area contributed by atoms with Gasteiger partial charge in [0.05, 0.1) is 5.56 Å². The van der Waals surface area contributed by atoms with Gasteiger partial charge in [-0.3, -0.25) is 14.6 Å². The van der Waals surface area contributed by atoms with Crippen molar-refractivity contribution in [3.05, 3.63) is 65.1 Å². The summed E-state index contributed by atoms with van der Waals surface area (Å²) in [5.41, 5.74) is 8.05. The minimum atomic E-state index is -0.678. The molecule has 7 nitrogen and oxygen atoms in total. The van der Waals surface area contributed by atoms with Gasteiger partial charge in [-0.1, -0.05) is 6.07 Å². The fourth-order valence-electron chi connectivity index (χ4n) is 2.54. The summed E-state index contributed by atoms with van der Waals surface area (Å²) < 4.78 is 0. The van der Waals surface area contributed by atoms with E-state index in [9.17, 15) is 9.59 Å². The van der Waals surface area contributed by atoms with Crippen molar-refractivity contribution in [2.75, 3.05) is 6.54 Å². The summed E-state index contributed by atoms with van der Waals surface area (Å²) >= 11 is 0. The number of primary amides is 1. The van der Waals surface area contributed by atoms with E-state index in [4.69, 9.17) is 11.0 Å². The van der Waals surface area contributed by atoms with E-state index in [0.29, 0.717) is 24.1 Å². The van der Waals surface area contributed by atoms with Crippen LogP contribution < -0.4 is 11.1 Å². The Bertz CT molecular complexity index is 1000. The van der Waals surface area contributed by atoms with Crippen molar-refractivity contribution in [1.29, 1.82) is 5.26 Å². The number of nitrogens with one attached hydrogen (secondary N) is 2. The fraction of sp³-hybridized carbons (Fsp3) is 0.111. The first-order chi connectivity index (χ1) is 12.1. The molecule has 0 bridgehead atoms. The molecule has 0 unspecified atom stereocenters. The monoisotopic (exact) mass is 333 g/mol. The van der Waals surface area contributed by atoms with Gasteiger partial charge in [0.25, 0.3) is 11.8 Å². The maximum Gasteiger partial charge on any atom is 0.267 e. The van der Waals surface area contributed by atoms with Crippen LogP contribution in [0.25, 0.3) is 10.9 Å². The van der Waals surface area contributed by atoms with Gasteiger partial charge in [-0.15, -0.1) is 0 Å². The lowest BCUT2D eigenvalue weighted by Gasteiger charge is -2.06. The highest BCUT2D eigenvalue weighted by Gasteiger charge is 2.09. The van der Waals surface area contributed by atoms with E-state index >= 15 is 0 Å². The summed E-state index contributed by atoms with van der Waals surface area (Å²) in [6.07, 6.45) is 3.67. The van der Waals surface area contributed by atoms with Crippen LogP contribution in [0.4, 0.5) is 0 Å². The third-order valence-electron chi connectivity index (χ3n) is 3.84. The van der Waals surface area contributed by atoms with Crippen LogP contribution in [0.5, 0.6) is 0 Å². The number of rotatable bonds is 5. The first kappa shape index (κ1) is 16.2. The lowest BCUT2D eigenvalue weighted by Crippen LogP contribution is -2.26. The average molecular weight is 333 g/mol. The standard InChI is InChI=1S/C18H15N5O2/c19-9-13-10-23-15-2-1-11(7-14(13)15)3-5-22-18(25)12-4-6-21-16(8-12)17(20)24/h1-2,4,6-8,10,23H,3,5H2,(H2,20,24)(H,22,25). The number of nitriles is 1. The number of H-pyrrole nitrogens is 1. The van der Waals surface area contributed by atoms with Gasteiger partial charge in [-0.25, -0.2) is 0 Å². The van der Waals surface area contributed by atoms with Crippen LogP contribution in [0.3, 0.4) is 0 Å². The number of nitrogens with two attached hydrogens (primary N) is 1. The molecule has 0 radical (unpaired) electrons. The number of benzene rings is 1. The second-order valence-corrected chi connectivity index (χ2v) is 5.49. The maximum atomic E-state index is 12.1. The molecular weight excluding hydrogens is 318 g/mol. The quantitative estimate of drug-likeness (QED) is 0.654. The topological polar surface area (TPSA) is 125 Å². The Morgan fingerprint density at radius 1 is 1.28 bits per heavy atom. The van der Waals surface area contributed by atoms with Crippen molar-refractivity contribution in [3.8, 4) is 6.07 Å². The molecule has 124 valence electrons. The first-order valence-corrected chi connectivity index (χ1v) is 7.62. The molecule has 2 amide bonds. The van der Waals surface area contributed by atoms with Crippen LogP contribution in [0, 0.1) is 11.3 Å². The molecule has 7 heteroatoms. The van der Waals surface area contributed by atoms with Gasteiger partial charge in [0.2, 0.25) is 0 Å². The van der Waals surface area contributed by atoms with Crippen LogP contribution in [0.2, 0.25) is 0 Å². The molecule has 0 aliphatic heterocycles. The summed E-state index contributed by atoms with van der Waals surface area (Å²) in [5, 5.41) is 12.7. The molecule has 0 spiro atoms. The lowest BCUT2D eigenvalue weighted by molar-refractivity contribution is 0.0954. The van der Waals surface area contributed by atoms with Gasteiger partial charge in [-0.05, 0) is 36.2 Å². The number of aromatic amines is 1. The Labute approximate surface area is 143 Å². The molecule has 0 atom stereocenters. The zero-order valence-corrected chi connectivity index (χ0v) is 13.2. The maximum absolute atomic E-state index is 12.1. The highest BCUT2D eigenvalue weighted by atomic mass is 16.2. The Morgan fingerprint density at radius 3 is 2.88 bits per heavy atom. The van der Waals surface area contributed by atoms with E-state index < -0.39 is 5.91 Å². The highest BCUT2D eigenvalue weighted by molar-refractivity contribution is 5.97. The number of hydrogen-bond acceptors (Lipinski definition) is 4. The number of aromatic nitrogens is 2. The third-order valence-corrected chi connectivity index (χ3v) is 3.84. The molecule has 0 fully saturated rings. The molecule has 0 saturated carbocycles. The second-order valence-electron chi connectivity index (χ2n) is 5.49. The zero-order chi connectivity index (χ0) is 17.8. The largest absolute Gasteiger partial charge is 0.364 e. The van der Waals surface area contributed by atoms with E-state index in [1.807, 2.05) is 18.2 Å². The van der Waals surface area contributed by atoms with Crippen molar-refractivity contribution in [2.24, 2.45) is 5.73 Å². The number of nitrogens with zero attached hydrogens (tertiary/aromatic N) is 2. The average Bonchev–Trinajstić information content (AvgIpc) is 3.04. The van der Waals surface area contributed by atoms with Crippen molar-refractivity contribution in [2.45, 2.75) is 6.42 Å². The molecule has 1 aromatic carbocycles. The minimum Gasteiger partial charge on any atom is -0.364 e. The number of carbonyl (C=O) groups is 2. The molecule has 3 aromatic rings. The summed E-state index contributed by atoms with van der Waals surface area (Å²) in [6.45, 7) is 0.422. The Hall–Kier alpha value is -3.66. The molecule has 2 aromatic heterocycles. The summed E-state index contributed by atoms with van der Waals surface area (Å²) in [7, 11) is 0. The van der Waals surface area contributed by atoms with Crippen LogP contribution in [-0.4, -0.2) is 28.3 Å². The van der Waals surface area contributed by atoms with Crippen LogP contribution in [-0.2, 0) is 6.42 Å². The zero-order valence-electron chi connectivity index (χ0n) is 13.2. The number of fused-ring (bicyclic) bond motifs is 1. The van der Waals surface area contributed by atoms with E-state index in [1.54, 1.807) is 6.20 Å². The molecular formula is C18H15N5O2. The third kappa shape index (κ3) is 3.48. The molecule has 25 heavy (non-hydrogen) atoms. The number of pyridine rings is 1. The van der Waals surface area contributed by atoms with Crippen LogP contribution in [0.15, 0.2) is 42.7 Å². The van der Waals surface area contributed by atoms with E-state index in [2.05, 4.69) is 21.4 Å². The number of carbonyl (C=O) groups excluding carboxylic acids is 2. The fourth-order valence-corrected chi connectivity index (χ4v) is 2.54. The second kappa shape index (κ2) is 6.84. The predicted molar refractivity (Wildman–Crippen MR) is 91.8 cm³/mol. The highest BCUT2D eigenvalue weighted by Crippen LogP contribution is 2.19.